The normalized spacial score (nSPS) is 15.6. The zero-order valence-electron chi connectivity index (χ0n) is 10.5. The second-order valence-corrected chi connectivity index (χ2v) is 5.54. The lowest BCUT2D eigenvalue weighted by Gasteiger charge is -2.31. The number of benzene rings is 1. The molecule has 100 valence electrons. The highest BCUT2D eigenvalue weighted by Crippen LogP contribution is 2.34. The van der Waals surface area contributed by atoms with Crippen LogP contribution in [0.25, 0.3) is 5.70 Å². The second kappa shape index (κ2) is 5.86. The van der Waals surface area contributed by atoms with Crippen molar-refractivity contribution in [1.29, 1.82) is 0 Å². The molecule has 0 unspecified atom stereocenters. The first-order valence-electron chi connectivity index (χ1n) is 5.88. The van der Waals surface area contributed by atoms with Gasteiger partial charge < -0.3 is 4.90 Å². The van der Waals surface area contributed by atoms with Crippen molar-refractivity contribution in [1.82, 2.24) is 4.90 Å². The molecule has 1 aliphatic heterocycles. The predicted molar refractivity (Wildman–Crippen MR) is 83.1 cm³/mol. The SMILES string of the molecule is C=C1C(I)=CC=C(c2ccc(C)cc2)N1CC(F)F. The third-order valence-electron chi connectivity index (χ3n) is 2.95. The van der Waals surface area contributed by atoms with E-state index < -0.39 is 6.43 Å². The van der Waals surface area contributed by atoms with E-state index >= 15 is 0 Å². The maximum Gasteiger partial charge on any atom is 0.256 e. The van der Waals surface area contributed by atoms with Gasteiger partial charge in [0.2, 0.25) is 0 Å². The van der Waals surface area contributed by atoms with Crippen LogP contribution < -0.4 is 0 Å². The first kappa shape index (κ1) is 14.2. The van der Waals surface area contributed by atoms with Crippen LogP contribution in [0, 0.1) is 6.92 Å². The Hall–Kier alpha value is -1.17. The highest BCUT2D eigenvalue weighted by Gasteiger charge is 2.22. The summed E-state index contributed by atoms with van der Waals surface area (Å²) in [4.78, 5) is 1.58. The molecule has 0 saturated heterocycles. The van der Waals surface area contributed by atoms with E-state index in [1.54, 1.807) is 4.90 Å². The lowest BCUT2D eigenvalue weighted by molar-refractivity contribution is 0.123. The van der Waals surface area contributed by atoms with Crippen molar-refractivity contribution in [3.8, 4) is 0 Å². The smallest absolute Gasteiger partial charge is 0.256 e. The molecule has 1 heterocycles. The van der Waals surface area contributed by atoms with Crippen LogP contribution in [0.3, 0.4) is 0 Å². The molecular formula is C15H14F2IN. The number of alkyl halides is 2. The summed E-state index contributed by atoms with van der Waals surface area (Å²) < 4.78 is 26.4. The summed E-state index contributed by atoms with van der Waals surface area (Å²) in [6.45, 7) is 5.56. The van der Waals surface area contributed by atoms with Crippen LogP contribution in [0.1, 0.15) is 11.1 Å². The van der Waals surface area contributed by atoms with E-state index in [1.165, 1.54) is 0 Å². The van der Waals surface area contributed by atoms with Crippen molar-refractivity contribution in [2.24, 2.45) is 0 Å². The average molecular weight is 373 g/mol. The van der Waals surface area contributed by atoms with Crippen molar-refractivity contribution < 1.29 is 8.78 Å². The van der Waals surface area contributed by atoms with Gasteiger partial charge >= 0.3 is 0 Å². The minimum Gasteiger partial charge on any atom is -0.335 e. The molecule has 1 aromatic rings. The molecular weight excluding hydrogens is 359 g/mol. The Morgan fingerprint density at radius 3 is 2.42 bits per heavy atom. The summed E-state index contributed by atoms with van der Waals surface area (Å²) in [5, 5.41) is 0. The van der Waals surface area contributed by atoms with E-state index in [4.69, 9.17) is 0 Å². The molecule has 0 bridgehead atoms. The van der Waals surface area contributed by atoms with Crippen LogP contribution in [-0.2, 0) is 0 Å². The second-order valence-electron chi connectivity index (χ2n) is 4.38. The molecule has 19 heavy (non-hydrogen) atoms. The van der Waals surface area contributed by atoms with Crippen molar-refractivity contribution >= 4 is 28.3 Å². The summed E-state index contributed by atoms with van der Waals surface area (Å²) >= 11 is 2.11. The van der Waals surface area contributed by atoms with Gasteiger partial charge in [0.1, 0.15) is 0 Å². The van der Waals surface area contributed by atoms with Crippen LogP contribution in [0.15, 0.2) is 52.3 Å². The van der Waals surface area contributed by atoms with Gasteiger partial charge in [-0.15, -0.1) is 0 Å². The molecule has 0 atom stereocenters. The highest BCUT2D eigenvalue weighted by atomic mass is 127. The molecule has 0 aromatic heterocycles. The van der Waals surface area contributed by atoms with Gasteiger partial charge in [0.15, 0.2) is 0 Å². The van der Waals surface area contributed by atoms with E-state index in [0.29, 0.717) is 5.70 Å². The fourth-order valence-corrected chi connectivity index (χ4v) is 2.41. The molecule has 4 heteroatoms. The molecule has 0 aliphatic carbocycles. The maximum absolute atomic E-state index is 12.7. The Kier molecular flexibility index (Phi) is 4.39. The molecule has 0 spiro atoms. The number of hydrogen-bond donors (Lipinski definition) is 0. The molecule has 1 aliphatic rings. The van der Waals surface area contributed by atoms with E-state index in [9.17, 15) is 8.78 Å². The molecule has 0 N–H and O–H groups in total. The van der Waals surface area contributed by atoms with Gasteiger partial charge in [-0.05, 0) is 47.2 Å². The summed E-state index contributed by atoms with van der Waals surface area (Å²) in [5.74, 6) is 0. The number of nitrogens with zero attached hydrogens (tertiary/aromatic N) is 1. The minimum absolute atomic E-state index is 0.334. The van der Waals surface area contributed by atoms with Gasteiger partial charge in [-0.25, -0.2) is 8.78 Å². The largest absolute Gasteiger partial charge is 0.335 e. The van der Waals surface area contributed by atoms with E-state index in [-0.39, 0.29) is 6.54 Å². The Balaban J connectivity index is 2.39. The van der Waals surface area contributed by atoms with Crippen LogP contribution in [0.5, 0.6) is 0 Å². The monoisotopic (exact) mass is 373 g/mol. The Morgan fingerprint density at radius 1 is 1.21 bits per heavy atom. The molecule has 1 nitrogen and oxygen atoms in total. The standard InChI is InChI=1S/C15H14F2IN/c1-10-3-5-12(6-4-10)14-8-7-13(18)11(2)19(14)9-15(16)17/h3-8,15H,2,9H2,1H3. The molecule has 0 fully saturated rings. The fraction of sp³-hybridized carbons (Fsp3) is 0.200. The summed E-state index contributed by atoms with van der Waals surface area (Å²) in [6, 6.07) is 7.84. The minimum atomic E-state index is -2.40. The van der Waals surface area contributed by atoms with Gasteiger partial charge in [0.25, 0.3) is 6.43 Å². The zero-order chi connectivity index (χ0) is 14.0. The van der Waals surface area contributed by atoms with Crippen LogP contribution in [0.4, 0.5) is 8.78 Å². The number of halogens is 3. The van der Waals surface area contributed by atoms with Crippen molar-refractivity contribution in [2.45, 2.75) is 13.3 Å². The lowest BCUT2D eigenvalue weighted by atomic mass is 10.1. The quantitative estimate of drug-likeness (QED) is 0.692. The summed E-state index contributed by atoms with van der Waals surface area (Å²) in [5.41, 5.74) is 3.46. The number of rotatable bonds is 3. The Labute approximate surface area is 125 Å². The molecule has 1 aromatic carbocycles. The van der Waals surface area contributed by atoms with Crippen molar-refractivity contribution in [3.63, 3.8) is 0 Å². The summed E-state index contributed by atoms with van der Waals surface area (Å²) in [7, 11) is 0. The molecule has 0 radical (unpaired) electrons. The highest BCUT2D eigenvalue weighted by molar-refractivity contribution is 14.1. The number of aryl methyl sites for hydroxylation is 1. The van der Waals surface area contributed by atoms with Crippen molar-refractivity contribution in [2.75, 3.05) is 6.54 Å². The van der Waals surface area contributed by atoms with Crippen LogP contribution >= 0.6 is 22.6 Å². The van der Waals surface area contributed by atoms with Gasteiger partial charge in [-0.1, -0.05) is 36.4 Å². The molecule has 2 rings (SSSR count). The van der Waals surface area contributed by atoms with Gasteiger partial charge in [0, 0.05) is 15.0 Å². The van der Waals surface area contributed by atoms with Gasteiger partial charge in [0.05, 0.1) is 6.54 Å². The topological polar surface area (TPSA) is 3.24 Å². The fourth-order valence-electron chi connectivity index (χ4n) is 1.94. The maximum atomic E-state index is 12.7. The Bertz CT molecular complexity index is 544. The van der Waals surface area contributed by atoms with Crippen molar-refractivity contribution in [3.05, 3.63) is 63.4 Å². The Morgan fingerprint density at radius 2 is 1.84 bits per heavy atom. The first-order valence-corrected chi connectivity index (χ1v) is 6.96. The zero-order valence-corrected chi connectivity index (χ0v) is 12.7. The van der Waals surface area contributed by atoms with Crippen LogP contribution in [0.2, 0.25) is 0 Å². The van der Waals surface area contributed by atoms with E-state index in [2.05, 4.69) is 29.2 Å². The number of allylic oxidation sites excluding steroid dienone is 3. The van der Waals surface area contributed by atoms with Gasteiger partial charge in [-0.2, -0.15) is 0 Å². The number of hydrogen-bond acceptors (Lipinski definition) is 1. The lowest BCUT2D eigenvalue weighted by Crippen LogP contribution is -2.28. The van der Waals surface area contributed by atoms with Crippen LogP contribution in [-0.4, -0.2) is 17.9 Å². The van der Waals surface area contributed by atoms with E-state index in [0.717, 1.165) is 20.4 Å². The molecule has 0 amide bonds. The third kappa shape index (κ3) is 3.23. The average Bonchev–Trinajstić information content (AvgIpc) is 2.36. The predicted octanol–water partition coefficient (Wildman–Crippen LogP) is 4.75. The molecule has 0 saturated carbocycles. The van der Waals surface area contributed by atoms with Gasteiger partial charge in [-0.3, -0.25) is 0 Å². The van der Waals surface area contributed by atoms with E-state index in [1.807, 2.05) is 43.3 Å². The summed E-state index contributed by atoms with van der Waals surface area (Å²) in [6.07, 6.45) is 1.37. The first-order chi connectivity index (χ1) is 8.99. The third-order valence-corrected chi connectivity index (χ3v) is 3.93.